The van der Waals surface area contributed by atoms with E-state index in [4.69, 9.17) is 0 Å². The van der Waals surface area contributed by atoms with Gasteiger partial charge in [0, 0.05) is 6.04 Å². The maximum atomic E-state index is 9.22. The molecule has 0 amide bonds. The van der Waals surface area contributed by atoms with E-state index >= 15 is 0 Å². The van der Waals surface area contributed by atoms with E-state index in [1.54, 1.807) is 0 Å². The summed E-state index contributed by atoms with van der Waals surface area (Å²) in [6.45, 7) is 9.68. The van der Waals surface area contributed by atoms with Crippen molar-refractivity contribution >= 4 is 0 Å². The summed E-state index contributed by atoms with van der Waals surface area (Å²) in [7, 11) is 0. The molecule has 0 aliphatic carbocycles. The Morgan fingerprint density at radius 1 is 1.16 bits per heavy atom. The normalized spacial score (nSPS) is 15.2. The van der Waals surface area contributed by atoms with Crippen molar-refractivity contribution in [2.75, 3.05) is 6.54 Å². The van der Waals surface area contributed by atoms with E-state index in [0.29, 0.717) is 6.04 Å². The first-order valence-electron chi connectivity index (χ1n) is 7.39. The summed E-state index contributed by atoms with van der Waals surface area (Å²) >= 11 is 0. The van der Waals surface area contributed by atoms with Crippen LogP contribution in [0, 0.1) is 0 Å². The van der Waals surface area contributed by atoms with Crippen LogP contribution in [0.4, 0.5) is 0 Å². The van der Waals surface area contributed by atoms with Gasteiger partial charge in [-0.05, 0) is 50.6 Å². The molecule has 19 heavy (non-hydrogen) atoms. The van der Waals surface area contributed by atoms with Crippen molar-refractivity contribution in [3.8, 4) is 0 Å². The highest BCUT2D eigenvalue weighted by Crippen LogP contribution is 2.28. The van der Waals surface area contributed by atoms with Crippen LogP contribution in [-0.4, -0.2) is 23.8 Å². The van der Waals surface area contributed by atoms with Crippen LogP contribution in [0.25, 0.3) is 0 Å². The Bertz CT molecular complexity index is 346. The van der Waals surface area contributed by atoms with Crippen LogP contribution in [0.2, 0.25) is 0 Å². The van der Waals surface area contributed by atoms with E-state index in [1.807, 2.05) is 6.92 Å². The molecule has 2 N–H and O–H groups in total. The highest BCUT2D eigenvalue weighted by atomic mass is 16.3. The molecule has 0 aliphatic rings. The first kappa shape index (κ1) is 16.2. The molecule has 1 rings (SSSR count). The van der Waals surface area contributed by atoms with Gasteiger partial charge in [0.2, 0.25) is 0 Å². The largest absolute Gasteiger partial charge is 0.393 e. The smallest absolute Gasteiger partial charge is 0.0512 e. The highest BCUT2D eigenvalue weighted by Gasteiger charge is 2.22. The standard InChI is InChI=1S/C17H29NO/c1-14(18-12-8-9-15(2)19)13-17(3,4)16-10-6-5-7-11-16/h5-7,10-11,14-15,18-19H,8-9,12-13H2,1-4H3. The van der Waals surface area contributed by atoms with E-state index < -0.39 is 0 Å². The Kier molecular flexibility index (Phi) is 6.53. The molecule has 0 fully saturated rings. The van der Waals surface area contributed by atoms with Crippen molar-refractivity contribution in [2.24, 2.45) is 0 Å². The molecular weight excluding hydrogens is 234 g/mol. The first-order valence-corrected chi connectivity index (χ1v) is 7.39. The number of nitrogens with one attached hydrogen (secondary N) is 1. The molecule has 108 valence electrons. The fourth-order valence-corrected chi connectivity index (χ4v) is 2.59. The van der Waals surface area contributed by atoms with E-state index in [1.165, 1.54) is 5.56 Å². The Morgan fingerprint density at radius 3 is 2.37 bits per heavy atom. The maximum Gasteiger partial charge on any atom is 0.0512 e. The van der Waals surface area contributed by atoms with Crippen LogP contribution in [-0.2, 0) is 5.41 Å². The summed E-state index contributed by atoms with van der Waals surface area (Å²) < 4.78 is 0. The molecule has 0 saturated heterocycles. The molecule has 2 atom stereocenters. The zero-order valence-electron chi connectivity index (χ0n) is 12.8. The summed E-state index contributed by atoms with van der Waals surface area (Å²) in [5.41, 5.74) is 1.59. The monoisotopic (exact) mass is 263 g/mol. The van der Waals surface area contributed by atoms with Gasteiger partial charge in [0.25, 0.3) is 0 Å². The number of aliphatic hydroxyl groups is 1. The first-order chi connectivity index (χ1) is 8.92. The molecule has 0 saturated carbocycles. The topological polar surface area (TPSA) is 32.3 Å². The van der Waals surface area contributed by atoms with E-state index in [9.17, 15) is 5.11 Å². The minimum Gasteiger partial charge on any atom is -0.393 e. The fraction of sp³-hybridized carbons (Fsp3) is 0.647. The summed E-state index contributed by atoms with van der Waals surface area (Å²) in [5.74, 6) is 0. The van der Waals surface area contributed by atoms with Crippen LogP contribution in [0.15, 0.2) is 30.3 Å². The highest BCUT2D eigenvalue weighted by molar-refractivity contribution is 5.23. The second-order valence-corrected chi connectivity index (χ2v) is 6.30. The quantitative estimate of drug-likeness (QED) is 0.704. The van der Waals surface area contributed by atoms with Crippen molar-refractivity contribution < 1.29 is 5.11 Å². The van der Waals surface area contributed by atoms with Crippen LogP contribution in [0.3, 0.4) is 0 Å². The number of hydrogen-bond acceptors (Lipinski definition) is 2. The number of hydrogen-bond donors (Lipinski definition) is 2. The second kappa shape index (κ2) is 7.66. The van der Waals surface area contributed by atoms with Crippen LogP contribution >= 0.6 is 0 Å². The second-order valence-electron chi connectivity index (χ2n) is 6.30. The minimum absolute atomic E-state index is 0.183. The van der Waals surface area contributed by atoms with Crippen molar-refractivity contribution in [1.82, 2.24) is 5.32 Å². The number of benzene rings is 1. The zero-order chi connectivity index (χ0) is 14.3. The van der Waals surface area contributed by atoms with Gasteiger partial charge in [0.05, 0.1) is 6.10 Å². The zero-order valence-corrected chi connectivity index (χ0v) is 12.8. The Balaban J connectivity index is 2.37. The molecule has 0 aromatic heterocycles. The van der Waals surface area contributed by atoms with E-state index in [0.717, 1.165) is 25.8 Å². The number of aliphatic hydroxyl groups excluding tert-OH is 1. The summed E-state index contributed by atoms with van der Waals surface area (Å²) in [6.07, 6.45) is 2.85. The van der Waals surface area contributed by atoms with Crippen LogP contribution in [0.5, 0.6) is 0 Å². The predicted octanol–water partition coefficient (Wildman–Crippen LogP) is 3.49. The molecule has 0 radical (unpaired) electrons. The van der Waals surface area contributed by atoms with Gasteiger partial charge < -0.3 is 10.4 Å². The molecule has 1 aromatic rings. The van der Waals surface area contributed by atoms with Crippen LogP contribution < -0.4 is 5.32 Å². The fourth-order valence-electron chi connectivity index (χ4n) is 2.59. The Labute approximate surface area is 118 Å². The summed E-state index contributed by atoms with van der Waals surface area (Å²) in [5, 5.41) is 12.8. The van der Waals surface area contributed by atoms with E-state index in [2.05, 4.69) is 56.4 Å². The van der Waals surface area contributed by atoms with Gasteiger partial charge in [-0.1, -0.05) is 44.2 Å². The lowest BCUT2D eigenvalue weighted by Gasteiger charge is -2.29. The van der Waals surface area contributed by atoms with Gasteiger partial charge in [-0.25, -0.2) is 0 Å². The Morgan fingerprint density at radius 2 is 1.79 bits per heavy atom. The Hall–Kier alpha value is -0.860. The molecule has 0 heterocycles. The van der Waals surface area contributed by atoms with Gasteiger partial charge in [-0.3, -0.25) is 0 Å². The van der Waals surface area contributed by atoms with Gasteiger partial charge in [0.1, 0.15) is 0 Å². The van der Waals surface area contributed by atoms with E-state index in [-0.39, 0.29) is 11.5 Å². The van der Waals surface area contributed by atoms with Gasteiger partial charge in [-0.15, -0.1) is 0 Å². The lowest BCUT2D eigenvalue weighted by atomic mass is 9.79. The van der Waals surface area contributed by atoms with Crippen molar-refractivity contribution in [3.05, 3.63) is 35.9 Å². The third kappa shape index (κ3) is 6.22. The van der Waals surface area contributed by atoms with Gasteiger partial charge in [0.15, 0.2) is 0 Å². The predicted molar refractivity (Wildman–Crippen MR) is 82.5 cm³/mol. The third-order valence-corrected chi connectivity index (χ3v) is 3.66. The minimum atomic E-state index is -0.183. The molecule has 0 bridgehead atoms. The average Bonchev–Trinajstić information content (AvgIpc) is 2.35. The SMILES string of the molecule is CC(O)CCCNC(C)CC(C)(C)c1ccccc1. The van der Waals surface area contributed by atoms with Crippen molar-refractivity contribution in [3.63, 3.8) is 0 Å². The van der Waals surface area contributed by atoms with Crippen LogP contribution in [0.1, 0.15) is 52.5 Å². The third-order valence-electron chi connectivity index (χ3n) is 3.66. The molecule has 2 heteroatoms. The molecule has 0 spiro atoms. The van der Waals surface area contributed by atoms with Gasteiger partial charge in [-0.2, -0.15) is 0 Å². The number of rotatable bonds is 8. The van der Waals surface area contributed by atoms with Gasteiger partial charge >= 0.3 is 0 Å². The lowest BCUT2D eigenvalue weighted by Crippen LogP contribution is -2.34. The summed E-state index contributed by atoms with van der Waals surface area (Å²) in [6, 6.07) is 11.2. The lowest BCUT2D eigenvalue weighted by molar-refractivity contribution is 0.180. The summed E-state index contributed by atoms with van der Waals surface area (Å²) in [4.78, 5) is 0. The van der Waals surface area contributed by atoms with Crippen molar-refractivity contribution in [1.29, 1.82) is 0 Å². The molecular formula is C17H29NO. The van der Waals surface area contributed by atoms with Crippen molar-refractivity contribution in [2.45, 2.75) is 64.5 Å². The molecule has 1 aromatic carbocycles. The molecule has 0 aliphatic heterocycles. The molecule has 2 nitrogen and oxygen atoms in total. The molecule has 2 unspecified atom stereocenters. The average molecular weight is 263 g/mol. The maximum absolute atomic E-state index is 9.22.